The van der Waals surface area contributed by atoms with E-state index in [1.54, 1.807) is 0 Å². The predicted octanol–water partition coefficient (Wildman–Crippen LogP) is 1.63. The largest absolute Gasteiger partial charge is 0.468 e. The van der Waals surface area contributed by atoms with Gasteiger partial charge in [0.2, 0.25) is 0 Å². The molecule has 1 spiro atoms. The van der Waals surface area contributed by atoms with Crippen LogP contribution in [0.1, 0.15) is 25.3 Å². The van der Waals surface area contributed by atoms with E-state index in [0.717, 1.165) is 30.8 Å². The van der Waals surface area contributed by atoms with Crippen molar-refractivity contribution >= 4 is 11.7 Å². The van der Waals surface area contributed by atoms with Gasteiger partial charge in [-0.15, -0.1) is 0 Å². The molecule has 6 bridgehead atoms. The van der Waals surface area contributed by atoms with E-state index < -0.39 is 22.8 Å². The van der Waals surface area contributed by atoms with Gasteiger partial charge in [0.05, 0.1) is 18.6 Å². The van der Waals surface area contributed by atoms with Gasteiger partial charge in [0.1, 0.15) is 5.41 Å². The van der Waals surface area contributed by atoms with Gasteiger partial charge < -0.3 is 19.5 Å². The summed E-state index contributed by atoms with van der Waals surface area (Å²) in [5, 5.41) is 12.2. The highest BCUT2D eigenvalue weighted by Crippen LogP contribution is 2.76. The van der Waals surface area contributed by atoms with Gasteiger partial charge in [-0.1, -0.05) is 29.8 Å². The Kier molecular flexibility index (Phi) is 3.03. The third-order valence-electron chi connectivity index (χ3n) is 8.50. The fraction of sp³-hybridized carbons (Fsp3) is 0.591. The van der Waals surface area contributed by atoms with Gasteiger partial charge in [0.25, 0.3) is 0 Å². The number of esters is 1. The van der Waals surface area contributed by atoms with Gasteiger partial charge >= 0.3 is 5.97 Å². The number of para-hydroxylation sites is 1. The van der Waals surface area contributed by atoms with Crippen LogP contribution in [0.5, 0.6) is 0 Å². The van der Waals surface area contributed by atoms with Gasteiger partial charge in [0.15, 0.2) is 12.0 Å². The molecule has 1 aromatic carbocycles. The first-order valence-electron chi connectivity index (χ1n) is 10.2. The standard InChI is InChI=1S/C22H26N2O4/c1-4-13-12-24-10-9-20-14-7-5-6-8-16(14)23(2)18-21(20,19(25)27-3)15(13)11-17(24)22(20,26)28-18/h4-8,15,17-18,26H,9-12H2,1-3H3. The second-order valence-corrected chi connectivity index (χ2v) is 8.95. The number of fused-ring (bicyclic) bond motifs is 2. The number of allylic oxidation sites excluding steroid dienone is 1. The number of hydrogen-bond acceptors (Lipinski definition) is 6. The van der Waals surface area contributed by atoms with Crippen LogP contribution in [0.3, 0.4) is 0 Å². The van der Waals surface area contributed by atoms with Crippen LogP contribution in [0.2, 0.25) is 0 Å². The van der Waals surface area contributed by atoms with Crippen LogP contribution in [0.4, 0.5) is 5.69 Å². The molecule has 6 rings (SSSR count). The maximum atomic E-state index is 13.7. The predicted molar refractivity (Wildman–Crippen MR) is 103 cm³/mol. The van der Waals surface area contributed by atoms with Gasteiger partial charge in [-0.3, -0.25) is 9.69 Å². The van der Waals surface area contributed by atoms with Crippen molar-refractivity contribution < 1.29 is 19.4 Å². The van der Waals surface area contributed by atoms with Crippen molar-refractivity contribution in [1.82, 2.24) is 4.90 Å². The summed E-state index contributed by atoms with van der Waals surface area (Å²) >= 11 is 0. The van der Waals surface area contributed by atoms with E-state index in [2.05, 4.69) is 30.0 Å². The van der Waals surface area contributed by atoms with Crippen molar-refractivity contribution in [2.24, 2.45) is 11.3 Å². The number of carbonyl (C=O) groups is 1. The van der Waals surface area contributed by atoms with E-state index in [4.69, 9.17) is 9.47 Å². The molecule has 4 heterocycles. The van der Waals surface area contributed by atoms with Crippen LogP contribution < -0.4 is 4.90 Å². The number of benzene rings is 1. The van der Waals surface area contributed by atoms with Gasteiger partial charge in [-0.2, -0.15) is 0 Å². The summed E-state index contributed by atoms with van der Waals surface area (Å²) in [5.74, 6) is -1.66. The van der Waals surface area contributed by atoms with Gasteiger partial charge in [-0.05, 0) is 31.4 Å². The molecule has 6 atom stereocenters. The van der Waals surface area contributed by atoms with Crippen molar-refractivity contribution in [3.8, 4) is 0 Å². The number of methoxy groups -OCH3 is 1. The highest BCUT2D eigenvalue weighted by molar-refractivity contribution is 5.87. The first kappa shape index (κ1) is 17.0. The Labute approximate surface area is 164 Å². The lowest BCUT2D eigenvalue weighted by Gasteiger charge is -2.67. The zero-order valence-corrected chi connectivity index (χ0v) is 16.5. The summed E-state index contributed by atoms with van der Waals surface area (Å²) in [6.45, 7) is 3.67. The second kappa shape index (κ2) is 4.99. The molecular weight excluding hydrogens is 356 g/mol. The first-order chi connectivity index (χ1) is 13.5. The minimum absolute atomic E-state index is 0.00455. The molecule has 28 heavy (non-hydrogen) atoms. The Balaban J connectivity index is 1.78. The lowest BCUT2D eigenvalue weighted by molar-refractivity contribution is -0.287. The van der Waals surface area contributed by atoms with Crippen LogP contribution in [-0.2, 0) is 19.7 Å². The number of nitrogens with zero attached hydrogens (tertiary/aromatic N) is 2. The third-order valence-corrected chi connectivity index (χ3v) is 8.50. The Morgan fingerprint density at radius 1 is 1.39 bits per heavy atom. The molecule has 1 N–H and O–H groups in total. The zero-order chi connectivity index (χ0) is 19.5. The van der Waals surface area contributed by atoms with Gasteiger partial charge in [-0.25, -0.2) is 0 Å². The number of carbonyl (C=O) groups excluding carboxylic acids is 1. The maximum absolute atomic E-state index is 13.7. The van der Waals surface area contributed by atoms with Crippen molar-refractivity contribution in [3.63, 3.8) is 0 Å². The minimum Gasteiger partial charge on any atom is -0.468 e. The fourth-order valence-corrected chi connectivity index (χ4v) is 7.58. The summed E-state index contributed by atoms with van der Waals surface area (Å²) in [4.78, 5) is 18.1. The molecule has 6 heteroatoms. The molecule has 0 amide bonds. The summed E-state index contributed by atoms with van der Waals surface area (Å²) in [5.41, 5.74) is 1.56. The van der Waals surface area contributed by atoms with E-state index in [0.29, 0.717) is 6.42 Å². The first-order valence-corrected chi connectivity index (χ1v) is 10.2. The average Bonchev–Trinajstić information content (AvgIpc) is 2.84. The molecule has 6 nitrogen and oxygen atoms in total. The molecule has 0 aromatic heterocycles. The number of rotatable bonds is 1. The number of aliphatic hydroxyl groups is 1. The Hall–Kier alpha value is -1.89. The summed E-state index contributed by atoms with van der Waals surface area (Å²) in [6.07, 6.45) is 3.01. The molecule has 1 saturated carbocycles. The zero-order valence-electron chi connectivity index (χ0n) is 16.5. The maximum Gasteiger partial charge on any atom is 0.318 e. The molecule has 4 fully saturated rings. The van der Waals surface area contributed by atoms with E-state index >= 15 is 0 Å². The van der Waals surface area contributed by atoms with Crippen LogP contribution in [0.15, 0.2) is 35.9 Å². The van der Waals surface area contributed by atoms with E-state index in [-0.39, 0.29) is 17.9 Å². The molecule has 1 aromatic rings. The monoisotopic (exact) mass is 382 g/mol. The van der Waals surface area contributed by atoms with Crippen LogP contribution in [-0.4, -0.2) is 61.3 Å². The molecular formula is C22H26N2O4. The highest BCUT2D eigenvalue weighted by Gasteiger charge is 2.88. The Morgan fingerprint density at radius 2 is 2.18 bits per heavy atom. The Bertz CT molecular complexity index is 931. The molecule has 3 saturated heterocycles. The number of ether oxygens (including phenoxy) is 2. The molecule has 1 aliphatic carbocycles. The van der Waals surface area contributed by atoms with Crippen molar-refractivity contribution in [2.45, 2.75) is 43.2 Å². The smallest absolute Gasteiger partial charge is 0.318 e. The SMILES string of the molecule is CC=C1CN2CCC34c5ccccc5N(C)C5OC3(O)C2CC1C54C(=O)OC. The van der Waals surface area contributed by atoms with Crippen LogP contribution in [0.25, 0.3) is 0 Å². The van der Waals surface area contributed by atoms with Crippen LogP contribution in [0, 0.1) is 11.3 Å². The highest BCUT2D eigenvalue weighted by atomic mass is 16.7. The van der Waals surface area contributed by atoms with Crippen molar-refractivity contribution in [1.29, 1.82) is 0 Å². The van der Waals surface area contributed by atoms with Crippen LogP contribution >= 0.6 is 0 Å². The lowest BCUT2D eigenvalue weighted by atomic mass is 9.41. The van der Waals surface area contributed by atoms with Crippen molar-refractivity contribution in [3.05, 3.63) is 41.5 Å². The minimum atomic E-state index is -1.40. The fourth-order valence-electron chi connectivity index (χ4n) is 7.58. The molecule has 148 valence electrons. The van der Waals surface area contributed by atoms with E-state index in [9.17, 15) is 9.90 Å². The molecule has 4 aliphatic heterocycles. The van der Waals surface area contributed by atoms with E-state index in [1.165, 1.54) is 12.7 Å². The molecule has 0 radical (unpaired) electrons. The third kappa shape index (κ3) is 1.39. The van der Waals surface area contributed by atoms with Gasteiger partial charge in [0, 0.05) is 31.7 Å². The van der Waals surface area contributed by atoms with E-state index in [1.807, 2.05) is 24.1 Å². The summed E-state index contributed by atoms with van der Waals surface area (Å²) < 4.78 is 12.0. The number of hydrogen-bond donors (Lipinski definition) is 1. The molecule has 6 unspecified atom stereocenters. The number of anilines is 1. The number of piperidine rings is 2. The summed E-state index contributed by atoms with van der Waals surface area (Å²) in [7, 11) is 3.43. The topological polar surface area (TPSA) is 62.2 Å². The lowest BCUT2D eigenvalue weighted by Crippen LogP contribution is -2.80. The Morgan fingerprint density at radius 3 is 2.93 bits per heavy atom. The quantitative estimate of drug-likeness (QED) is 0.589. The second-order valence-electron chi connectivity index (χ2n) is 8.95. The molecule has 5 aliphatic rings. The van der Waals surface area contributed by atoms with Crippen molar-refractivity contribution in [2.75, 3.05) is 32.1 Å². The summed E-state index contributed by atoms with van der Waals surface area (Å²) in [6, 6.07) is 8.04. The normalized spacial score (nSPS) is 46.6. The average molecular weight is 382 g/mol.